The summed E-state index contributed by atoms with van der Waals surface area (Å²) >= 11 is 1.38. The second-order valence-corrected chi connectivity index (χ2v) is 5.68. The number of rotatable bonds is 4. The van der Waals surface area contributed by atoms with Crippen LogP contribution in [-0.2, 0) is 0 Å². The molecule has 0 aromatic carbocycles. The molecule has 0 bridgehead atoms. The molecule has 1 saturated heterocycles. The van der Waals surface area contributed by atoms with Crippen LogP contribution in [0.5, 0.6) is 0 Å². The second kappa shape index (κ2) is 5.93. The van der Waals surface area contributed by atoms with Gasteiger partial charge < -0.3 is 10.6 Å². The zero-order valence-electron chi connectivity index (χ0n) is 10.5. The molecule has 1 atom stereocenters. The number of hydrogen-bond donors (Lipinski definition) is 1. The van der Waals surface area contributed by atoms with Gasteiger partial charge in [-0.2, -0.15) is 0 Å². The molecular formula is C12H19F2N3S. The lowest BCUT2D eigenvalue weighted by Crippen LogP contribution is -2.29. The van der Waals surface area contributed by atoms with Gasteiger partial charge in [0, 0.05) is 24.5 Å². The summed E-state index contributed by atoms with van der Waals surface area (Å²) in [7, 11) is 0. The quantitative estimate of drug-likeness (QED) is 0.918. The summed E-state index contributed by atoms with van der Waals surface area (Å²) < 4.78 is 25.8. The van der Waals surface area contributed by atoms with Crippen molar-refractivity contribution in [3.8, 4) is 0 Å². The Bertz CT molecular complexity index is 389. The number of hydrogen-bond acceptors (Lipinski definition) is 4. The van der Waals surface area contributed by atoms with Gasteiger partial charge in [0.1, 0.15) is 0 Å². The van der Waals surface area contributed by atoms with Crippen molar-refractivity contribution in [2.75, 3.05) is 24.5 Å². The van der Waals surface area contributed by atoms with Gasteiger partial charge in [0.2, 0.25) is 6.43 Å². The summed E-state index contributed by atoms with van der Waals surface area (Å²) in [5, 5.41) is 0.876. The molecule has 1 aromatic heterocycles. The molecule has 102 valence electrons. The van der Waals surface area contributed by atoms with Crippen LogP contribution in [0.25, 0.3) is 0 Å². The van der Waals surface area contributed by atoms with Gasteiger partial charge in [-0.25, -0.2) is 13.8 Å². The van der Waals surface area contributed by atoms with Crippen molar-refractivity contribution in [1.29, 1.82) is 0 Å². The van der Waals surface area contributed by atoms with Crippen LogP contribution in [0.15, 0.2) is 0 Å². The lowest BCUT2D eigenvalue weighted by Gasteiger charge is -2.25. The molecule has 1 aliphatic heterocycles. The number of thiazole rings is 1. The maximum atomic E-state index is 12.9. The number of aryl methyl sites for hydroxylation is 1. The molecule has 6 heteroatoms. The van der Waals surface area contributed by atoms with Crippen LogP contribution >= 0.6 is 11.3 Å². The van der Waals surface area contributed by atoms with Gasteiger partial charge >= 0.3 is 0 Å². The second-order valence-electron chi connectivity index (χ2n) is 4.67. The Morgan fingerprint density at radius 2 is 2.00 bits per heavy atom. The summed E-state index contributed by atoms with van der Waals surface area (Å²) in [5.74, 6) is -0.874. The molecule has 0 saturated carbocycles. The highest BCUT2D eigenvalue weighted by Crippen LogP contribution is 2.35. The average molecular weight is 275 g/mol. The van der Waals surface area contributed by atoms with Gasteiger partial charge in [-0.1, -0.05) is 0 Å². The van der Waals surface area contributed by atoms with Crippen molar-refractivity contribution in [3.05, 3.63) is 10.6 Å². The van der Waals surface area contributed by atoms with Crippen molar-refractivity contribution < 1.29 is 8.78 Å². The first-order valence-corrected chi connectivity index (χ1v) is 7.15. The number of nitrogens with two attached hydrogens (primary N) is 1. The van der Waals surface area contributed by atoms with E-state index in [2.05, 4.69) is 9.88 Å². The van der Waals surface area contributed by atoms with Gasteiger partial charge in [-0.15, -0.1) is 11.3 Å². The summed E-state index contributed by atoms with van der Waals surface area (Å²) in [4.78, 5) is 7.29. The molecule has 0 radical (unpaired) electrons. The Morgan fingerprint density at radius 3 is 2.56 bits per heavy atom. The number of piperidine rings is 1. The molecule has 0 spiro atoms. The van der Waals surface area contributed by atoms with Crippen LogP contribution in [0.3, 0.4) is 0 Å². The lowest BCUT2D eigenvalue weighted by atomic mass is 10.1. The maximum absolute atomic E-state index is 12.9. The molecule has 2 rings (SSSR count). The highest BCUT2D eigenvalue weighted by atomic mass is 32.1. The molecule has 1 aliphatic rings. The number of aromatic nitrogens is 1. The third-order valence-corrected chi connectivity index (χ3v) is 4.69. The fourth-order valence-corrected chi connectivity index (χ4v) is 3.52. The third-order valence-electron chi connectivity index (χ3n) is 3.34. The van der Waals surface area contributed by atoms with Crippen molar-refractivity contribution >= 4 is 16.5 Å². The smallest absolute Gasteiger partial charge is 0.247 e. The fraction of sp³-hybridized carbons (Fsp3) is 0.750. The van der Waals surface area contributed by atoms with Crippen LogP contribution in [-0.4, -0.2) is 31.0 Å². The van der Waals surface area contributed by atoms with Gasteiger partial charge in [0.15, 0.2) is 5.13 Å². The minimum absolute atomic E-state index is 0.0276. The van der Waals surface area contributed by atoms with Crippen LogP contribution in [0, 0.1) is 6.92 Å². The predicted molar refractivity (Wildman–Crippen MR) is 70.7 cm³/mol. The highest BCUT2D eigenvalue weighted by molar-refractivity contribution is 7.15. The van der Waals surface area contributed by atoms with Crippen molar-refractivity contribution in [2.45, 2.75) is 38.5 Å². The monoisotopic (exact) mass is 275 g/mol. The molecule has 0 amide bonds. The summed E-state index contributed by atoms with van der Waals surface area (Å²) in [5.41, 5.74) is 6.15. The zero-order valence-corrected chi connectivity index (χ0v) is 11.3. The van der Waals surface area contributed by atoms with E-state index in [0.29, 0.717) is 10.6 Å². The Balaban J connectivity index is 2.19. The average Bonchev–Trinajstić information content (AvgIpc) is 2.73. The maximum Gasteiger partial charge on any atom is 0.247 e. The van der Waals surface area contributed by atoms with Crippen LogP contribution < -0.4 is 10.6 Å². The largest absolute Gasteiger partial charge is 0.348 e. The Hall–Kier alpha value is -0.750. The van der Waals surface area contributed by atoms with E-state index in [1.807, 2.05) is 0 Å². The number of alkyl halides is 2. The number of halogens is 2. The van der Waals surface area contributed by atoms with Crippen molar-refractivity contribution in [1.82, 2.24) is 4.98 Å². The number of nitrogens with zero attached hydrogens (tertiary/aromatic N) is 2. The van der Waals surface area contributed by atoms with E-state index in [-0.39, 0.29) is 6.54 Å². The van der Waals surface area contributed by atoms with Crippen LogP contribution in [0.4, 0.5) is 13.9 Å². The molecule has 2 heterocycles. The van der Waals surface area contributed by atoms with E-state index < -0.39 is 12.3 Å². The molecule has 0 aliphatic carbocycles. The summed E-state index contributed by atoms with van der Waals surface area (Å²) in [6.07, 6.45) is 1.14. The van der Waals surface area contributed by atoms with Crippen molar-refractivity contribution in [3.63, 3.8) is 0 Å². The lowest BCUT2D eigenvalue weighted by molar-refractivity contribution is 0.118. The van der Waals surface area contributed by atoms with E-state index in [4.69, 9.17) is 5.73 Å². The zero-order chi connectivity index (χ0) is 13.1. The number of anilines is 1. The normalized spacial score (nSPS) is 18.4. The van der Waals surface area contributed by atoms with E-state index in [9.17, 15) is 8.78 Å². The molecule has 1 fully saturated rings. The summed E-state index contributed by atoms with van der Waals surface area (Å²) in [6.45, 7) is 3.73. The topological polar surface area (TPSA) is 42.2 Å². The molecule has 1 aromatic rings. The molecule has 1 unspecified atom stereocenters. The molecule has 3 nitrogen and oxygen atoms in total. The fourth-order valence-electron chi connectivity index (χ4n) is 2.28. The van der Waals surface area contributed by atoms with E-state index >= 15 is 0 Å². The van der Waals surface area contributed by atoms with Gasteiger partial charge in [-0.05, 0) is 26.2 Å². The van der Waals surface area contributed by atoms with Gasteiger partial charge in [0.05, 0.1) is 11.6 Å². The van der Waals surface area contributed by atoms with Crippen molar-refractivity contribution in [2.24, 2.45) is 5.73 Å². The van der Waals surface area contributed by atoms with Gasteiger partial charge in [0.25, 0.3) is 0 Å². The first-order chi connectivity index (χ1) is 8.63. The minimum atomic E-state index is -2.41. The first-order valence-electron chi connectivity index (χ1n) is 6.34. The molecule has 18 heavy (non-hydrogen) atoms. The van der Waals surface area contributed by atoms with E-state index in [0.717, 1.165) is 31.1 Å². The molecular weight excluding hydrogens is 256 g/mol. The SMILES string of the molecule is Cc1nc(N2CCCCC2)sc1C(CN)C(F)F. The Labute approximate surface area is 110 Å². The van der Waals surface area contributed by atoms with E-state index in [1.165, 1.54) is 17.8 Å². The summed E-state index contributed by atoms with van der Waals surface area (Å²) in [6, 6.07) is 0. The minimum Gasteiger partial charge on any atom is -0.348 e. The Kier molecular flexibility index (Phi) is 4.50. The van der Waals surface area contributed by atoms with Crippen LogP contribution in [0.2, 0.25) is 0 Å². The first kappa shape index (κ1) is 13.7. The van der Waals surface area contributed by atoms with Gasteiger partial charge in [-0.3, -0.25) is 0 Å². The standard InChI is InChI=1S/C12H19F2N3S/c1-8-10(9(7-15)11(13)14)18-12(16-8)17-5-3-2-4-6-17/h9,11H,2-7,15H2,1H3. The van der Waals surface area contributed by atoms with E-state index in [1.54, 1.807) is 6.92 Å². The van der Waals surface area contributed by atoms with Crippen LogP contribution in [0.1, 0.15) is 35.8 Å². The third kappa shape index (κ3) is 2.80. The molecule has 2 N–H and O–H groups in total. The highest BCUT2D eigenvalue weighted by Gasteiger charge is 2.27. The Morgan fingerprint density at radius 1 is 1.33 bits per heavy atom. The predicted octanol–water partition coefficient (Wildman–Crippen LogP) is 2.75.